The lowest BCUT2D eigenvalue weighted by Crippen LogP contribution is -2.33. The molecule has 0 aliphatic heterocycles. The zero-order valence-corrected chi connectivity index (χ0v) is 12.3. The van der Waals surface area contributed by atoms with Crippen molar-refractivity contribution < 1.29 is 0 Å². The lowest BCUT2D eigenvalue weighted by atomic mass is 10.4. The van der Waals surface area contributed by atoms with Gasteiger partial charge in [0.1, 0.15) is 0 Å². The van der Waals surface area contributed by atoms with E-state index in [9.17, 15) is 0 Å². The summed E-state index contributed by atoms with van der Waals surface area (Å²) in [4.78, 5) is 2.42. The maximum absolute atomic E-state index is 4.24. The van der Waals surface area contributed by atoms with Crippen LogP contribution in [0.25, 0.3) is 0 Å². The third kappa shape index (κ3) is 5.27. The quantitative estimate of drug-likeness (QED) is 0.576. The normalized spacial score (nSPS) is 11.2. The molecule has 0 saturated carbocycles. The van der Waals surface area contributed by atoms with Gasteiger partial charge < -0.3 is 10.2 Å². The Morgan fingerprint density at radius 1 is 1.38 bits per heavy atom. The van der Waals surface area contributed by atoms with E-state index in [1.54, 1.807) is 0 Å². The topological polar surface area (TPSA) is 33.1 Å². The SMILES string of the molecule is CCN(CC)CCNCCn1cc(I)cn1. The zero-order valence-electron chi connectivity index (χ0n) is 10.1. The first kappa shape index (κ1) is 13.9. The first-order chi connectivity index (χ1) is 7.76. The molecule has 0 atom stereocenters. The molecule has 4 nitrogen and oxygen atoms in total. The molecule has 16 heavy (non-hydrogen) atoms. The van der Waals surface area contributed by atoms with Gasteiger partial charge in [-0.15, -0.1) is 0 Å². The molecule has 1 aromatic rings. The molecule has 0 radical (unpaired) electrons. The van der Waals surface area contributed by atoms with Gasteiger partial charge in [0, 0.05) is 25.8 Å². The van der Waals surface area contributed by atoms with Crippen molar-refractivity contribution in [2.75, 3.05) is 32.7 Å². The highest BCUT2D eigenvalue weighted by molar-refractivity contribution is 14.1. The van der Waals surface area contributed by atoms with E-state index in [0.717, 1.165) is 39.3 Å². The number of hydrogen-bond donors (Lipinski definition) is 1. The van der Waals surface area contributed by atoms with Crippen molar-refractivity contribution >= 4 is 22.6 Å². The van der Waals surface area contributed by atoms with Gasteiger partial charge in [-0.05, 0) is 35.7 Å². The molecule has 0 bridgehead atoms. The fourth-order valence-corrected chi connectivity index (χ4v) is 2.00. The van der Waals surface area contributed by atoms with Crippen LogP contribution in [0.1, 0.15) is 13.8 Å². The molecule has 0 spiro atoms. The van der Waals surface area contributed by atoms with E-state index in [0.29, 0.717) is 0 Å². The van der Waals surface area contributed by atoms with E-state index in [1.807, 2.05) is 10.9 Å². The van der Waals surface area contributed by atoms with Crippen LogP contribution in [0.3, 0.4) is 0 Å². The van der Waals surface area contributed by atoms with Gasteiger partial charge in [-0.25, -0.2) is 0 Å². The van der Waals surface area contributed by atoms with Gasteiger partial charge in [-0.2, -0.15) is 5.10 Å². The Labute approximate surface area is 112 Å². The summed E-state index contributed by atoms with van der Waals surface area (Å²) < 4.78 is 3.17. The molecule has 0 aliphatic carbocycles. The van der Waals surface area contributed by atoms with E-state index < -0.39 is 0 Å². The summed E-state index contributed by atoms with van der Waals surface area (Å²) in [6.07, 6.45) is 3.95. The fourth-order valence-electron chi connectivity index (χ4n) is 1.56. The Balaban J connectivity index is 2.04. The van der Waals surface area contributed by atoms with Crippen molar-refractivity contribution in [3.8, 4) is 0 Å². The predicted octanol–water partition coefficient (Wildman–Crippen LogP) is 1.42. The lowest BCUT2D eigenvalue weighted by molar-refractivity contribution is 0.301. The fraction of sp³-hybridized carbons (Fsp3) is 0.727. The maximum atomic E-state index is 4.24. The van der Waals surface area contributed by atoms with Crippen LogP contribution in [0.4, 0.5) is 0 Å². The van der Waals surface area contributed by atoms with Gasteiger partial charge in [-0.3, -0.25) is 4.68 Å². The second kappa shape index (κ2) is 8.03. The number of hydrogen-bond acceptors (Lipinski definition) is 3. The van der Waals surface area contributed by atoms with Gasteiger partial charge in [-0.1, -0.05) is 13.8 Å². The van der Waals surface area contributed by atoms with Gasteiger partial charge in [0.15, 0.2) is 0 Å². The highest BCUT2D eigenvalue weighted by atomic mass is 127. The molecule has 5 heteroatoms. The van der Waals surface area contributed by atoms with Crippen LogP contribution in [-0.2, 0) is 6.54 Å². The third-order valence-corrected chi connectivity index (χ3v) is 3.18. The van der Waals surface area contributed by atoms with Crippen LogP contribution in [0, 0.1) is 3.57 Å². The van der Waals surface area contributed by atoms with Crippen LogP contribution in [0.5, 0.6) is 0 Å². The molecule has 1 heterocycles. The van der Waals surface area contributed by atoms with E-state index in [-0.39, 0.29) is 0 Å². The van der Waals surface area contributed by atoms with E-state index in [4.69, 9.17) is 0 Å². The largest absolute Gasteiger partial charge is 0.314 e. The van der Waals surface area contributed by atoms with Crippen LogP contribution in [0.15, 0.2) is 12.4 Å². The van der Waals surface area contributed by atoms with Crippen LogP contribution < -0.4 is 5.32 Å². The van der Waals surface area contributed by atoms with E-state index >= 15 is 0 Å². The predicted molar refractivity (Wildman–Crippen MR) is 75.6 cm³/mol. The van der Waals surface area contributed by atoms with Gasteiger partial charge in [0.25, 0.3) is 0 Å². The Morgan fingerprint density at radius 2 is 2.12 bits per heavy atom. The third-order valence-electron chi connectivity index (χ3n) is 2.62. The minimum atomic E-state index is 0.946. The molecule has 0 unspecified atom stereocenters. The summed E-state index contributed by atoms with van der Waals surface area (Å²) in [5.74, 6) is 0. The molecule has 0 amide bonds. The second-order valence-corrected chi connectivity index (χ2v) is 4.94. The molecule has 0 fully saturated rings. The first-order valence-electron chi connectivity index (χ1n) is 5.87. The number of halogens is 1. The van der Waals surface area contributed by atoms with Crippen molar-refractivity contribution in [3.63, 3.8) is 0 Å². The Bertz CT molecular complexity index is 283. The van der Waals surface area contributed by atoms with Crippen molar-refractivity contribution in [2.45, 2.75) is 20.4 Å². The van der Waals surface area contributed by atoms with Gasteiger partial charge in [0.2, 0.25) is 0 Å². The molecule has 0 aliphatic rings. The highest BCUT2D eigenvalue weighted by Gasteiger charge is 1.98. The standard InChI is InChI=1S/C11H21IN4/c1-3-15(4-2)7-5-13-6-8-16-10-11(12)9-14-16/h9-10,13H,3-8H2,1-2H3. The summed E-state index contributed by atoms with van der Waals surface area (Å²) in [5, 5.41) is 7.68. The first-order valence-corrected chi connectivity index (χ1v) is 6.95. The average molecular weight is 336 g/mol. The summed E-state index contributed by atoms with van der Waals surface area (Å²) in [7, 11) is 0. The molecule has 0 aromatic carbocycles. The Morgan fingerprint density at radius 3 is 2.69 bits per heavy atom. The molecular weight excluding hydrogens is 315 g/mol. The van der Waals surface area contributed by atoms with Crippen molar-refractivity contribution in [1.29, 1.82) is 0 Å². The average Bonchev–Trinajstić information content (AvgIpc) is 2.70. The summed E-state index contributed by atoms with van der Waals surface area (Å²) >= 11 is 2.28. The van der Waals surface area contributed by atoms with Crippen molar-refractivity contribution in [1.82, 2.24) is 20.0 Å². The molecule has 1 aromatic heterocycles. The number of nitrogens with zero attached hydrogens (tertiary/aromatic N) is 3. The van der Waals surface area contributed by atoms with E-state index in [1.165, 1.54) is 3.57 Å². The summed E-state index contributed by atoms with van der Waals surface area (Å²) in [6.45, 7) is 10.8. The van der Waals surface area contributed by atoms with Crippen LogP contribution >= 0.6 is 22.6 Å². The monoisotopic (exact) mass is 336 g/mol. The summed E-state index contributed by atoms with van der Waals surface area (Å²) in [5.41, 5.74) is 0. The van der Waals surface area contributed by atoms with E-state index in [2.05, 4.69) is 58.0 Å². The minimum absolute atomic E-state index is 0.946. The molecule has 0 saturated heterocycles. The molecule has 1 rings (SSSR count). The van der Waals surface area contributed by atoms with Crippen LogP contribution in [0.2, 0.25) is 0 Å². The minimum Gasteiger partial charge on any atom is -0.314 e. The van der Waals surface area contributed by atoms with Crippen molar-refractivity contribution in [3.05, 3.63) is 16.0 Å². The second-order valence-electron chi connectivity index (χ2n) is 3.70. The lowest BCUT2D eigenvalue weighted by Gasteiger charge is -2.17. The molecule has 92 valence electrons. The maximum Gasteiger partial charge on any atom is 0.0623 e. The van der Waals surface area contributed by atoms with Crippen LogP contribution in [-0.4, -0.2) is 47.4 Å². The Hall–Kier alpha value is -0.140. The van der Waals surface area contributed by atoms with Gasteiger partial charge >= 0.3 is 0 Å². The number of nitrogens with one attached hydrogen (secondary N) is 1. The Kier molecular flexibility index (Phi) is 6.98. The smallest absolute Gasteiger partial charge is 0.0623 e. The highest BCUT2D eigenvalue weighted by Crippen LogP contribution is 2.00. The molecule has 1 N–H and O–H groups in total. The summed E-state index contributed by atoms with van der Waals surface area (Å²) in [6, 6.07) is 0. The van der Waals surface area contributed by atoms with Gasteiger partial charge in [0.05, 0.1) is 16.3 Å². The number of rotatable bonds is 8. The number of likely N-dealkylation sites (N-methyl/N-ethyl adjacent to an activating group) is 1. The molecular formula is C11H21IN4. The van der Waals surface area contributed by atoms with Crippen molar-refractivity contribution in [2.24, 2.45) is 0 Å². The zero-order chi connectivity index (χ0) is 11.8. The number of aromatic nitrogens is 2.